The van der Waals surface area contributed by atoms with E-state index in [1.165, 1.54) is 12.1 Å². The van der Waals surface area contributed by atoms with E-state index in [0.717, 1.165) is 27.1 Å². The molecule has 158 valence electrons. The summed E-state index contributed by atoms with van der Waals surface area (Å²) in [5, 5.41) is 16.3. The third kappa shape index (κ3) is 4.74. The highest BCUT2D eigenvalue weighted by atomic mass is 32.1. The second kappa shape index (κ2) is 9.28. The van der Waals surface area contributed by atoms with Gasteiger partial charge in [-0.2, -0.15) is 0 Å². The minimum Gasteiger partial charge on any atom is -0.507 e. The summed E-state index contributed by atoms with van der Waals surface area (Å²) < 4.78 is 0. The molecule has 0 aliphatic rings. The molecular weight excluding hydrogens is 422 g/mol. The second-order valence-electron chi connectivity index (χ2n) is 7.02. The Morgan fingerprint density at radius 2 is 1.47 bits per heavy atom. The minimum atomic E-state index is -0.587. The van der Waals surface area contributed by atoms with Gasteiger partial charge in [-0.15, -0.1) is 0 Å². The molecule has 4 aromatic carbocycles. The number of carbonyl (C=O) groups excluding carboxylic acids is 2. The van der Waals surface area contributed by atoms with E-state index >= 15 is 0 Å². The van der Waals surface area contributed by atoms with Crippen LogP contribution in [0.1, 0.15) is 15.9 Å². The molecule has 0 heterocycles. The number of thiocarbonyl (C=S) groups is 1. The maximum Gasteiger partial charge on any atom is 0.273 e. The van der Waals surface area contributed by atoms with Gasteiger partial charge in [0.2, 0.25) is 5.91 Å². The van der Waals surface area contributed by atoms with Crippen LogP contribution in [0.2, 0.25) is 0 Å². The Morgan fingerprint density at radius 1 is 0.812 bits per heavy atom. The van der Waals surface area contributed by atoms with Crippen LogP contribution >= 0.6 is 12.2 Å². The molecule has 7 heteroatoms. The molecule has 0 atom stereocenters. The van der Waals surface area contributed by atoms with Gasteiger partial charge in [-0.3, -0.25) is 25.8 Å². The zero-order chi connectivity index (χ0) is 22.5. The Morgan fingerprint density at radius 3 is 2.25 bits per heavy atom. The quantitative estimate of drug-likeness (QED) is 0.219. The molecule has 2 amide bonds. The monoisotopic (exact) mass is 441 g/mol. The molecule has 0 aliphatic carbocycles. The lowest BCUT2D eigenvalue weighted by molar-refractivity contribution is -0.115. The van der Waals surface area contributed by atoms with Gasteiger partial charge in [0, 0.05) is 6.08 Å². The van der Waals surface area contributed by atoms with Crippen LogP contribution < -0.4 is 16.2 Å². The molecule has 4 N–H and O–H groups in total. The summed E-state index contributed by atoms with van der Waals surface area (Å²) in [6.45, 7) is 0. The van der Waals surface area contributed by atoms with Crippen molar-refractivity contribution >= 4 is 56.8 Å². The van der Waals surface area contributed by atoms with Gasteiger partial charge in [0.1, 0.15) is 5.75 Å². The van der Waals surface area contributed by atoms with Gasteiger partial charge in [0.25, 0.3) is 5.91 Å². The Labute approximate surface area is 189 Å². The number of phenols is 1. The molecule has 0 bridgehead atoms. The standard InChI is InChI=1S/C25H19N3O3S/c29-22-15-19-8-2-1-7-18(19)14-21(22)24(31)27-28-25(32)26-23(30)13-12-17-10-5-9-16-6-3-4-11-20(16)17/h1-15,29H,(H,27,31)(H2,26,28,30,32)/b13-12+. The Balaban J connectivity index is 1.35. The summed E-state index contributed by atoms with van der Waals surface area (Å²) in [6, 6.07) is 24.2. The Hall–Kier alpha value is -4.23. The van der Waals surface area contributed by atoms with Crippen LogP contribution in [0.5, 0.6) is 5.75 Å². The number of hydrazine groups is 1. The lowest BCUT2D eigenvalue weighted by Gasteiger charge is -2.11. The number of benzene rings is 4. The molecule has 0 unspecified atom stereocenters. The third-order valence-electron chi connectivity index (χ3n) is 4.87. The SMILES string of the molecule is O=C(/C=C/c1cccc2ccccc12)NC(=S)NNC(=O)c1cc2ccccc2cc1O. The molecule has 4 aromatic rings. The molecule has 0 aliphatic heterocycles. The van der Waals surface area contributed by atoms with Crippen molar-refractivity contribution in [1.29, 1.82) is 0 Å². The first-order valence-corrected chi connectivity index (χ1v) is 10.2. The fraction of sp³-hybridized carbons (Fsp3) is 0. The van der Waals surface area contributed by atoms with E-state index in [9.17, 15) is 14.7 Å². The fourth-order valence-corrected chi connectivity index (χ4v) is 3.49. The molecule has 4 rings (SSSR count). The van der Waals surface area contributed by atoms with Gasteiger partial charge in [-0.25, -0.2) is 0 Å². The fourth-order valence-electron chi connectivity index (χ4n) is 3.34. The number of aromatic hydroxyl groups is 1. The van der Waals surface area contributed by atoms with Crippen molar-refractivity contribution in [2.45, 2.75) is 0 Å². The number of hydrogen-bond acceptors (Lipinski definition) is 4. The lowest BCUT2D eigenvalue weighted by Crippen LogP contribution is -2.48. The van der Waals surface area contributed by atoms with Crippen molar-refractivity contribution in [3.8, 4) is 5.75 Å². The van der Waals surface area contributed by atoms with E-state index in [1.54, 1.807) is 12.1 Å². The van der Waals surface area contributed by atoms with Gasteiger partial charge < -0.3 is 5.11 Å². The third-order valence-corrected chi connectivity index (χ3v) is 5.08. The largest absolute Gasteiger partial charge is 0.507 e. The van der Waals surface area contributed by atoms with Crippen LogP contribution in [-0.2, 0) is 4.79 Å². The van der Waals surface area contributed by atoms with Crippen LogP contribution in [-0.4, -0.2) is 22.0 Å². The number of hydrogen-bond donors (Lipinski definition) is 4. The van der Waals surface area contributed by atoms with E-state index in [1.807, 2.05) is 66.7 Å². The first-order chi connectivity index (χ1) is 15.5. The molecule has 0 aromatic heterocycles. The average Bonchev–Trinajstić information content (AvgIpc) is 2.80. The van der Waals surface area contributed by atoms with E-state index in [4.69, 9.17) is 12.2 Å². The molecule has 0 saturated heterocycles. The molecule has 32 heavy (non-hydrogen) atoms. The summed E-state index contributed by atoms with van der Waals surface area (Å²) in [4.78, 5) is 24.6. The number of nitrogens with one attached hydrogen (secondary N) is 3. The molecule has 0 radical (unpaired) electrons. The van der Waals surface area contributed by atoms with Gasteiger partial charge in [0.15, 0.2) is 5.11 Å². The first kappa shape index (κ1) is 21.0. The Bertz CT molecular complexity index is 1380. The van der Waals surface area contributed by atoms with E-state index in [-0.39, 0.29) is 16.4 Å². The number of carbonyl (C=O) groups is 2. The number of phenolic OH excluding ortho intramolecular Hbond substituents is 1. The number of rotatable bonds is 3. The molecular formula is C25H19N3O3S. The summed E-state index contributed by atoms with van der Waals surface area (Å²) >= 11 is 5.06. The zero-order valence-electron chi connectivity index (χ0n) is 16.8. The number of fused-ring (bicyclic) bond motifs is 2. The van der Waals surface area contributed by atoms with Crippen LogP contribution in [0.3, 0.4) is 0 Å². The van der Waals surface area contributed by atoms with Gasteiger partial charge in [-0.1, -0.05) is 66.7 Å². The van der Waals surface area contributed by atoms with E-state index < -0.39 is 11.8 Å². The Kier molecular flexibility index (Phi) is 6.10. The highest BCUT2D eigenvalue weighted by Gasteiger charge is 2.13. The highest BCUT2D eigenvalue weighted by molar-refractivity contribution is 7.80. The topological polar surface area (TPSA) is 90.5 Å². The van der Waals surface area contributed by atoms with E-state index in [2.05, 4.69) is 16.2 Å². The van der Waals surface area contributed by atoms with Crippen molar-refractivity contribution in [1.82, 2.24) is 16.2 Å². The van der Waals surface area contributed by atoms with Crippen molar-refractivity contribution in [2.75, 3.05) is 0 Å². The maximum absolute atomic E-state index is 12.4. The normalized spacial score (nSPS) is 10.9. The zero-order valence-corrected chi connectivity index (χ0v) is 17.6. The molecule has 0 spiro atoms. The molecule has 0 fully saturated rings. The predicted octanol–water partition coefficient (Wildman–Crippen LogP) is 4.05. The van der Waals surface area contributed by atoms with Crippen LogP contribution in [0.15, 0.2) is 84.9 Å². The van der Waals surface area contributed by atoms with Crippen molar-refractivity contribution < 1.29 is 14.7 Å². The van der Waals surface area contributed by atoms with Gasteiger partial charge >= 0.3 is 0 Å². The molecule has 0 saturated carbocycles. The van der Waals surface area contributed by atoms with E-state index in [0.29, 0.717) is 0 Å². The smallest absolute Gasteiger partial charge is 0.273 e. The summed E-state index contributed by atoms with van der Waals surface area (Å²) in [5.74, 6) is -1.19. The average molecular weight is 442 g/mol. The highest BCUT2D eigenvalue weighted by Crippen LogP contribution is 2.24. The van der Waals surface area contributed by atoms with Gasteiger partial charge in [-0.05, 0) is 57.5 Å². The minimum absolute atomic E-state index is 0.0776. The van der Waals surface area contributed by atoms with Crippen molar-refractivity contribution in [3.05, 3.63) is 96.1 Å². The van der Waals surface area contributed by atoms with Crippen molar-refractivity contribution in [2.24, 2.45) is 0 Å². The first-order valence-electron chi connectivity index (χ1n) is 9.80. The second-order valence-corrected chi connectivity index (χ2v) is 7.42. The molecule has 6 nitrogen and oxygen atoms in total. The summed E-state index contributed by atoms with van der Waals surface area (Å²) in [6.07, 6.45) is 3.07. The number of amides is 2. The maximum atomic E-state index is 12.4. The van der Waals surface area contributed by atoms with Gasteiger partial charge in [0.05, 0.1) is 5.56 Å². The predicted molar refractivity (Wildman–Crippen MR) is 130 cm³/mol. The van der Waals surface area contributed by atoms with Crippen LogP contribution in [0.4, 0.5) is 0 Å². The van der Waals surface area contributed by atoms with Crippen LogP contribution in [0.25, 0.3) is 27.6 Å². The lowest BCUT2D eigenvalue weighted by atomic mass is 10.0. The van der Waals surface area contributed by atoms with Crippen LogP contribution in [0, 0.1) is 0 Å². The summed E-state index contributed by atoms with van der Waals surface area (Å²) in [7, 11) is 0. The summed E-state index contributed by atoms with van der Waals surface area (Å²) in [5.41, 5.74) is 5.83. The van der Waals surface area contributed by atoms with Crippen molar-refractivity contribution in [3.63, 3.8) is 0 Å².